The van der Waals surface area contributed by atoms with Crippen molar-refractivity contribution in [1.82, 2.24) is 5.32 Å². The van der Waals surface area contributed by atoms with Crippen molar-refractivity contribution in [3.8, 4) is 0 Å². The molecule has 0 aromatic heterocycles. The first-order valence-electron chi connectivity index (χ1n) is 7.05. The molecule has 2 saturated carbocycles. The van der Waals surface area contributed by atoms with Gasteiger partial charge in [0, 0.05) is 12.0 Å². The van der Waals surface area contributed by atoms with Gasteiger partial charge in [0.05, 0.1) is 13.2 Å². The third kappa shape index (κ3) is 1.32. The van der Waals surface area contributed by atoms with Crippen LogP contribution in [0, 0.1) is 16.7 Å². The highest BCUT2D eigenvalue weighted by molar-refractivity contribution is 5.10. The lowest BCUT2D eigenvalue weighted by molar-refractivity contribution is -0.237. The van der Waals surface area contributed by atoms with E-state index in [1.165, 1.54) is 51.5 Å². The zero-order valence-corrected chi connectivity index (χ0v) is 10.6. The van der Waals surface area contributed by atoms with E-state index in [2.05, 4.69) is 12.4 Å². The van der Waals surface area contributed by atoms with Crippen LogP contribution < -0.4 is 5.32 Å². The molecule has 0 aromatic carbocycles. The standard InChI is InChI=1S/C14H25NO/c1-15-9-13(7-4-8-13)14(10-16-11-14)12-5-2-3-6-12/h12,15H,2-11H2,1H3. The molecule has 2 heteroatoms. The van der Waals surface area contributed by atoms with Gasteiger partial charge in [0.2, 0.25) is 0 Å². The second-order valence-electron chi connectivity index (χ2n) is 6.29. The topological polar surface area (TPSA) is 21.3 Å². The Hall–Kier alpha value is -0.0800. The summed E-state index contributed by atoms with van der Waals surface area (Å²) in [5.41, 5.74) is 1.15. The normalized spacial score (nSPS) is 32.1. The van der Waals surface area contributed by atoms with Crippen molar-refractivity contribution in [2.75, 3.05) is 26.8 Å². The van der Waals surface area contributed by atoms with E-state index < -0.39 is 0 Å². The van der Waals surface area contributed by atoms with E-state index in [9.17, 15) is 0 Å². The minimum atomic E-state index is 0.560. The SMILES string of the molecule is CNCC1(C2(C3CCCC3)COC2)CCC1. The Morgan fingerprint density at radius 1 is 1.12 bits per heavy atom. The van der Waals surface area contributed by atoms with Gasteiger partial charge in [-0.05, 0) is 44.1 Å². The average Bonchev–Trinajstić information content (AvgIpc) is 2.65. The molecule has 92 valence electrons. The molecule has 2 aliphatic carbocycles. The molecule has 0 bridgehead atoms. The largest absolute Gasteiger partial charge is 0.380 e. The van der Waals surface area contributed by atoms with Crippen LogP contribution in [0.5, 0.6) is 0 Å². The van der Waals surface area contributed by atoms with Gasteiger partial charge in [0.25, 0.3) is 0 Å². The molecule has 0 amide bonds. The Morgan fingerprint density at radius 3 is 2.19 bits per heavy atom. The summed E-state index contributed by atoms with van der Waals surface area (Å²) >= 11 is 0. The van der Waals surface area contributed by atoms with Gasteiger partial charge in [-0.15, -0.1) is 0 Å². The quantitative estimate of drug-likeness (QED) is 0.791. The van der Waals surface area contributed by atoms with Crippen LogP contribution in [0.25, 0.3) is 0 Å². The van der Waals surface area contributed by atoms with Crippen molar-refractivity contribution in [3.05, 3.63) is 0 Å². The molecule has 1 N–H and O–H groups in total. The summed E-state index contributed by atoms with van der Waals surface area (Å²) in [6, 6.07) is 0. The maximum Gasteiger partial charge on any atom is 0.0553 e. The first kappa shape index (κ1) is 11.0. The summed E-state index contributed by atoms with van der Waals surface area (Å²) in [5, 5.41) is 3.45. The monoisotopic (exact) mass is 223 g/mol. The highest BCUT2D eigenvalue weighted by atomic mass is 16.5. The Bertz CT molecular complexity index is 249. The maximum absolute atomic E-state index is 5.65. The Kier molecular flexibility index (Phi) is 2.75. The fraction of sp³-hybridized carbons (Fsp3) is 1.00. The summed E-state index contributed by atoms with van der Waals surface area (Å²) < 4.78 is 5.65. The predicted octanol–water partition coefficient (Wildman–Crippen LogP) is 2.58. The Balaban J connectivity index is 1.82. The van der Waals surface area contributed by atoms with E-state index >= 15 is 0 Å². The molecule has 1 heterocycles. The maximum atomic E-state index is 5.65. The lowest BCUT2D eigenvalue weighted by Gasteiger charge is -2.63. The first-order valence-corrected chi connectivity index (χ1v) is 7.05. The van der Waals surface area contributed by atoms with E-state index in [0.29, 0.717) is 10.8 Å². The first-order chi connectivity index (χ1) is 7.83. The van der Waals surface area contributed by atoms with Crippen LogP contribution >= 0.6 is 0 Å². The van der Waals surface area contributed by atoms with Gasteiger partial charge in [-0.3, -0.25) is 0 Å². The van der Waals surface area contributed by atoms with Crippen molar-refractivity contribution in [2.24, 2.45) is 16.7 Å². The Morgan fingerprint density at radius 2 is 1.81 bits per heavy atom. The van der Waals surface area contributed by atoms with Gasteiger partial charge in [-0.2, -0.15) is 0 Å². The van der Waals surface area contributed by atoms with Crippen LogP contribution in [-0.4, -0.2) is 26.8 Å². The highest BCUT2D eigenvalue weighted by Crippen LogP contribution is 2.63. The van der Waals surface area contributed by atoms with Crippen LogP contribution in [0.4, 0.5) is 0 Å². The number of hydrogen-bond acceptors (Lipinski definition) is 2. The second-order valence-corrected chi connectivity index (χ2v) is 6.29. The molecule has 16 heavy (non-hydrogen) atoms. The molecule has 3 rings (SSSR count). The van der Waals surface area contributed by atoms with Gasteiger partial charge in [-0.1, -0.05) is 19.3 Å². The third-order valence-corrected chi connectivity index (χ3v) is 5.74. The zero-order valence-electron chi connectivity index (χ0n) is 10.6. The van der Waals surface area contributed by atoms with Crippen LogP contribution in [-0.2, 0) is 4.74 Å². The molecular weight excluding hydrogens is 198 g/mol. The van der Waals surface area contributed by atoms with Crippen molar-refractivity contribution in [1.29, 1.82) is 0 Å². The minimum Gasteiger partial charge on any atom is -0.380 e. The molecule has 0 unspecified atom stereocenters. The highest BCUT2D eigenvalue weighted by Gasteiger charge is 2.61. The molecule has 0 atom stereocenters. The predicted molar refractivity (Wildman–Crippen MR) is 65.4 cm³/mol. The van der Waals surface area contributed by atoms with Gasteiger partial charge >= 0.3 is 0 Å². The van der Waals surface area contributed by atoms with Gasteiger partial charge < -0.3 is 10.1 Å². The fourth-order valence-electron chi connectivity index (χ4n) is 4.57. The molecule has 3 aliphatic rings. The molecule has 2 nitrogen and oxygen atoms in total. The number of ether oxygens (including phenoxy) is 1. The molecule has 1 aliphatic heterocycles. The molecule has 0 aromatic rings. The molecular formula is C14H25NO. The van der Waals surface area contributed by atoms with Crippen LogP contribution in [0.2, 0.25) is 0 Å². The molecule has 1 saturated heterocycles. The summed E-state index contributed by atoms with van der Waals surface area (Å²) in [7, 11) is 2.11. The third-order valence-electron chi connectivity index (χ3n) is 5.74. The number of nitrogens with one attached hydrogen (secondary N) is 1. The van der Waals surface area contributed by atoms with Crippen LogP contribution in [0.1, 0.15) is 44.9 Å². The minimum absolute atomic E-state index is 0.560. The van der Waals surface area contributed by atoms with E-state index in [0.717, 1.165) is 19.1 Å². The lowest BCUT2D eigenvalue weighted by atomic mass is 9.47. The summed E-state index contributed by atoms with van der Waals surface area (Å²) in [6.07, 6.45) is 10.2. The van der Waals surface area contributed by atoms with E-state index in [4.69, 9.17) is 4.74 Å². The number of hydrogen-bond donors (Lipinski definition) is 1. The summed E-state index contributed by atoms with van der Waals surface area (Å²) in [6.45, 7) is 3.32. The van der Waals surface area contributed by atoms with Crippen molar-refractivity contribution in [3.63, 3.8) is 0 Å². The van der Waals surface area contributed by atoms with E-state index in [-0.39, 0.29) is 0 Å². The number of rotatable bonds is 4. The summed E-state index contributed by atoms with van der Waals surface area (Å²) in [4.78, 5) is 0. The van der Waals surface area contributed by atoms with Crippen molar-refractivity contribution in [2.45, 2.75) is 44.9 Å². The van der Waals surface area contributed by atoms with Gasteiger partial charge in [0.15, 0.2) is 0 Å². The molecule has 0 spiro atoms. The van der Waals surface area contributed by atoms with Crippen molar-refractivity contribution >= 4 is 0 Å². The molecule has 3 fully saturated rings. The zero-order chi connectivity index (χ0) is 11.1. The van der Waals surface area contributed by atoms with E-state index in [1.807, 2.05) is 0 Å². The van der Waals surface area contributed by atoms with Gasteiger partial charge in [0.1, 0.15) is 0 Å². The van der Waals surface area contributed by atoms with E-state index in [1.54, 1.807) is 0 Å². The van der Waals surface area contributed by atoms with Gasteiger partial charge in [-0.25, -0.2) is 0 Å². The van der Waals surface area contributed by atoms with Crippen molar-refractivity contribution < 1.29 is 4.74 Å². The lowest BCUT2D eigenvalue weighted by Crippen LogP contribution is -2.64. The second kappa shape index (κ2) is 3.99. The Labute approximate surface area is 99.1 Å². The van der Waals surface area contributed by atoms with Crippen LogP contribution in [0.3, 0.4) is 0 Å². The van der Waals surface area contributed by atoms with Crippen LogP contribution in [0.15, 0.2) is 0 Å². The fourth-order valence-corrected chi connectivity index (χ4v) is 4.57. The summed E-state index contributed by atoms with van der Waals surface area (Å²) in [5.74, 6) is 0.967. The average molecular weight is 223 g/mol. The smallest absolute Gasteiger partial charge is 0.0553 e. The molecule has 0 radical (unpaired) electrons.